The standard InChI is InChI=1S/C10H11ClO2/c11-10-7-2-1-6(5-7)8(10)3-4-9(12)13/h3-4,6-7H,1-2,5H2,(H,12,13)/b4-3+. The molecular formula is C10H11ClO2. The van der Waals surface area contributed by atoms with Gasteiger partial charge in [0.2, 0.25) is 0 Å². The van der Waals surface area contributed by atoms with Gasteiger partial charge in [0.05, 0.1) is 0 Å². The van der Waals surface area contributed by atoms with Gasteiger partial charge in [-0.25, -0.2) is 4.79 Å². The molecule has 0 aromatic heterocycles. The summed E-state index contributed by atoms with van der Waals surface area (Å²) in [5, 5.41) is 9.37. The summed E-state index contributed by atoms with van der Waals surface area (Å²) in [6.45, 7) is 0. The molecule has 1 saturated carbocycles. The van der Waals surface area contributed by atoms with E-state index in [9.17, 15) is 4.79 Å². The highest BCUT2D eigenvalue weighted by Crippen LogP contribution is 2.50. The smallest absolute Gasteiger partial charge is 0.328 e. The highest BCUT2D eigenvalue weighted by molar-refractivity contribution is 6.30. The van der Waals surface area contributed by atoms with Gasteiger partial charge in [-0.05, 0) is 36.7 Å². The van der Waals surface area contributed by atoms with E-state index in [4.69, 9.17) is 16.7 Å². The Morgan fingerprint density at radius 3 is 2.69 bits per heavy atom. The topological polar surface area (TPSA) is 37.3 Å². The fourth-order valence-electron chi connectivity index (χ4n) is 2.30. The number of carboxylic acid groups (broad SMARTS) is 1. The predicted molar refractivity (Wildman–Crippen MR) is 50.5 cm³/mol. The van der Waals surface area contributed by atoms with Crippen LogP contribution in [0.15, 0.2) is 22.8 Å². The lowest BCUT2D eigenvalue weighted by Gasteiger charge is -2.11. The zero-order chi connectivity index (χ0) is 9.42. The summed E-state index contributed by atoms with van der Waals surface area (Å²) in [7, 11) is 0. The van der Waals surface area contributed by atoms with E-state index in [-0.39, 0.29) is 0 Å². The zero-order valence-corrected chi connectivity index (χ0v) is 7.92. The van der Waals surface area contributed by atoms with Gasteiger partial charge < -0.3 is 5.11 Å². The van der Waals surface area contributed by atoms with Crippen molar-refractivity contribution in [3.8, 4) is 0 Å². The van der Waals surface area contributed by atoms with Gasteiger partial charge in [0.1, 0.15) is 0 Å². The first-order chi connectivity index (χ1) is 6.18. The molecule has 2 nitrogen and oxygen atoms in total. The van der Waals surface area contributed by atoms with Crippen LogP contribution >= 0.6 is 11.6 Å². The van der Waals surface area contributed by atoms with Crippen molar-refractivity contribution in [3.63, 3.8) is 0 Å². The van der Waals surface area contributed by atoms with E-state index in [0.29, 0.717) is 11.8 Å². The summed E-state index contributed by atoms with van der Waals surface area (Å²) in [5.74, 6) is 0.132. The Balaban J connectivity index is 2.19. The van der Waals surface area contributed by atoms with Crippen molar-refractivity contribution in [3.05, 3.63) is 22.8 Å². The molecule has 1 fully saturated rings. The molecular weight excluding hydrogens is 188 g/mol. The van der Waals surface area contributed by atoms with Crippen LogP contribution in [0.1, 0.15) is 19.3 Å². The first kappa shape index (κ1) is 8.82. The largest absolute Gasteiger partial charge is 0.478 e. The summed E-state index contributed by atoms with van der Waals surface area (Å²) < 4.78 is 0. The van der Waals surface area contributed by atoms with Crippen LogP contribution in [0.5, 0.6) is 0 Å². The van der Waals surface area contributed by atoms with Crippen LogP contribution in [0.4, 0.5) is 0 Å². The van der Waals surface area contributed by atoms with Gasteiger partial charge in [-0.15, -0.1) is 0 Å². The first-order valence-electron chi connectivity index (χ1n) is 4.49. The van der Waals surface area contributed by atoms with Gasteiger partial charge in [0.15, 0.2) is 0 Å². The number of hydrogen-bond donors (Lipinski definition) is 1. The van der Waals surface area contributed by atoms with Gasteiger partial charge in [-0.3, -0.25) is 0 Å². The number of allylic oxidation sites excluding steroid dienone is 3. The monoisotopic (exact) mass is 198 g/mol. The average molecular weight is 199 g/mol. The fraction of sp³-hybridized carbons (Fsp3) is 0.500. The van der Waals surface area contributed by atoms with Crippen LogP contribution in [0.25, 0.3) is 0 Å². The molecule has 0 saturated heterocycles. The molecule has 2 unspecified atom stereocenters. The van der Waals surface area contributed by atoms with Crippen molar-refractivity contribution in [1.82, 2.24) is 0 Å². The van der Waals surface area contributed by atoms with Gasteiger partial charge in [-0.1, -0.05) is 17.7 Å². The molecule has 0 aromatic carbocycles. The second-order valence-corrected chi connectivity index (χ2v) is 4.09. The van der Waals surface area contributed by atoms with E-state index in [0.717, 1.165) is 17.0 Å². The molecule has 2 aliphatic rings. The lowest BCUT2D eigenvalue weighted by atomic mass is 9.98. The van der Waals surface area contributed by atoms with Gasteiger partial charge in [0.25, 0.3) is 0 Å². The van der Waals surface area contributed by atoms with E-state index >= 15 is 0 Å². The van der Waals surface area contributed by atoms with Crippen molar-refractivity contribution >= 4 is 17.6 Å². The molecule has 3 heteroatoms. The van der Waals surface area contributed by atoms with Crippen molar-refractivity contribution in [2.75, 3.05) is 0 Å². The molecule has 2 aliphatic carbocycles. The van der Waals surface area contributed by atoms with Gasteiger partial charge in [0, 0.05) is 11.1 Å². The maximum Gasteiger partial charge on any atom is 0.328 e. The zero-order valence-electron chi connectivity index (χ0n) is 7.16. The molecule has 70 valence electrons. The molecule has 13 heavy (non-hydrogen) atoms. The number of hydrogen-bond acceptors (Lipinski definition) is 1. The predicted octanol–water partition coefficient (Wildman–Crippen LogP) is 2.55. The van der Waals surface area contributed by atoms with Crippen LogP contribution in [0.2, 0.25) is 0 Å². The molecule has 1 N–H and O–H groups in total. The summed E-state index contributed by atoms with van der Waals surface area (Å²) in [6.07, 6.45) is 6.30. The molecule has 2 rings (SSSR count). The third kappa shape index (κ3) is 1.51. The van der Waals surface area contributed by atoms with Gasteiger partial charge in [-0.2, -0.15) is 0 Å². The van der Waals surface area contributed by atoms with Crippen molar-refractivity contribution in [1.29, 1.82) is 0 Å². The van der Waals surface area contributed by atoms with E-state index in [1.54, 1.807) is 6.08 Å². The van der Waals surface area contributed by atoms with E-state index in [1.165, 1.54) is 18.9 Å². The van der Waals surface area contributed by atoms with Crippen LogP contribution in [0, 0.1) is 11.8 Å². The Hall–Kier alpha value is -0.760. The molecule has 0 aromatic rings. The minimum atomic E-state index is -0.903. The average Bonchev–Trinajstić information content (AvgIpc) is 2.61. The number of rotatable bonds is 2. The van der Waals surface area contributed by atoms with E-state index in [2.05, 4.69) is 0 Å². The highest BCUT2D eigenvalue weighted by atomic mass is 35.5. The summed E-state index contributed by atoms with van der Waals surface area (Å²) in [6, 6.07) is 0. The van der Waals surface area contributed by atoms with Gasteiger partial charge >= 0.3 is 5.97 Å². The number of aliphatic carboxylic acids is 1. The lowest BCUT2D eigenvalue weighted by molar-refractivity contribution is -0.131. The molecule has 0 heterocycles. The van der Waals surface area contributed by atoms with Crippen LogP contribution in [-0.2, 0) is 4.79 Å². The van der Waals surface area contributed by atoms with Crippen molar-refractivity contribution < 1.29 is 9.90 Å². The third-order valence-corrected chi connectivity index (χ3v) is 3.44. The summed E-state index contributed by atoms with van der Waals surface area (Å²) >= 11 is 6.09. The normalized spacial score (nSPS) is 32.1. The Labute approximate surface area is 81.9 Å². The SMILES string of the molecule is O=C(O)/C=C/C1=C(Cl)C2CCC1C2. The number of fused-ring (bicyclic) bond motifs is 2. The molecule has 0 aliphatic heterocycles. The van der Waals surface area contributed by atoms with Crippen LogP contribution < -0.4 is 0 Å². The molecule has 0 amide bonds. The Morgan fingerprint density at radius 1 is 1.46 bits per heavy atom. The molecule has 2 bridgehead atoms. The van der Waals surface area contributed by atoms with Crippen molar-refractivity contribution in [2.24, 2.45) is 11.8 Å². The van der Waals surface area contributed by atoms with Crippen LogP contribution in [-0.4, -0.2) is 11.1 Å². The Bertz CT molecular complexity index is 304. The third-order valence-electron chi connectivity index (χ3n) is 2.91. The van der Waals surface area contributed by atoms with E-state index < -0.39 is 5.97 Å². The Kier molecular flexibility index (Phi) is 2.16. The highest BCUT2D eigenvalue weighted by Gasteiger charge is 2.37. The lowest BCUT2D eigenvalue weighted by Crippen LogP contribution is -1.98. The number of carbonyl (C=O) groups is 1. The quantitative estimate of drug-likeness (QED) is 0.693. The maximum atomic E-state index is 10.3. The van der Waals surface area contributed by atoms with E-state index in [1.807, 2.05) is 0 Å². The number of carboxylic acids is 1. The molecule has 0 spiro atoms. The maximum absolute atomic E-state index is 10.3. The minimum Gasteiger partial charge on any atom is -0.478 e. The second-order valence-electron chi connectivity index (χ2n) is 3.68. The number of halogens is 1. The first-order valence-corrected chi connectivity index (χ1v) is 4.87. The molecule has 2 atom stereocenters. The second kappa shape index (κ2) is 3.18. The van der Waals surface area contributed by atoms with Crippen molar-refractivity contribution in [2.45, 2.75) is 19.3 Å². The molecule has 0 radical (unpaired) electrons. The summed E-state index contributed by atoms with van der Waals surface area (Å²) in [5.41, 5.74) is 1.06. The van der Waals surface area contributed by atoms with Crippen LogP contribution in [0.3, 0.4) is 0 Å². The fourth-order valence-corrected chi connectivity index (χ4v) is 2.72. The summed E-state index contributed by atoms with van der Waals surface area (Å²) in [4.78, 5) is 10.3. The Morgan fingerprint density at radius 2 is 2.15 bits per heavy atom. The minimum absolute atomic E-state index is 0.514.